The molecule has 0 amide bonds. The molecule has 0 aliphatic rings. The van der Waals surface area contributed by atoms with Gasteiger partial charge in [-0.3, -0.25) is 15.5 Å². The van der Waals surface area contributed by atoms with E-state index in [1.54, 1.807) is 30.3 Å². The number of anilines is 1. The van der Waals surface area contributed by atoms with Crippen molar-refractivity contribution in [2.24, 2.45) is 5.10 Å². The Morgan fingerprint density at radius 3 is 2.74 bits per heavy atom. The van der Waals surface area contributed by atoms with Crippen LogP contribution in [0.3, 0.4) is 0 Å². The van der Waals surface area contributed by atoms with Crippen molar-refractivity contribution in [1.29, 1.82) is 0 Å². The average molecular weight is 276 g/mol. The zero-order chi connectivity index (χ0) is 13.7. The highest BCUT2D eigenvalue weighted by Gasteiger charge is 2.03. The lowest BCUT2D eigenvalue weighted by atomic mass is 10.2. The molecule has 2 aromatic rings. The van der Waals surface area contributed by atoms with Gasteiger partial charge in [0.25, 0.3) is 5.69 Å². The van der Waals surface area contributed by atoms with E-state index in [1.807, 2.05) is 6.07 Å². The summed E-state index contributed by atoms with van der Waals surface area (Å²) < 4.78 is 0. The Hall–Kier alpha value is -2.40. The molecule has 0 bridgehead atoms. The molecular weight excluding hydrogens is 266 g/mol. The van der Waals surface area contributed by atoms with Crippen LogP contribution in [0.4, 0.5) is 11.4 Å². The van der Waals surface area contributed by atoms with E-state index >= 15 is 0 Å². The van der Waals surface area contributed by atoms with Gasteiger partial charge in [0, 0.05) is 22.7 Å². The highest BCUT2D eigenvalue weighted by atomic mass is 35.5. The second-order valence-corrected chi connectivity index (χ2v) is 4.17. The molecule has 19 heavy (non-hydrogen) atoms. The Bertz CT molecular complexity index is 629. The fourth-order valence-corrected chi connectivity index (χ4v) is 1.65. The summed E-state index contributed by atoms with van der Waals surface area (Å²) in [5.41, 5.74) is 4.22. The molecule has 6 heteroatoms. The first kappa shape index (κ1) is 13.0. The quantitative estimate of drug-likeness (QED) is 0.525. The molecule has 0 radical (unpaired) electrons. The van der Waals surface area contributed by atoms with Crippen LogP contribution in [-0.4, -0.2) is 11.1 Å². The van der Waals surface area contributed by atoms with E-state index in [4.69, 9.17) is 11.6 Å². The van der Waals surface area contributed by atoms with Crippen LogP contribution in [0.15, 0.2) is 53.6 Å². The molecule has 1 N–H and O–H groups in total. The second kappa shape index (κ2) is 5.97. The van der Waals surface area contributed by atoms with Gasteiger partial charge in [0.2, 0.25) is 0 Å². The number of hydrazone groups is 1. The van der Waals surface area contributed by atoms with Crippen LogP contribution >= 0.6 is 11.6 Å². The number of nitrogens with one attached hydrogen (secondary N) is 1. The van der Waals surface area contributed by atoms with Crippen LogP contribution in [0, 0.1) is 10.1 Å². The molecule has 0 aliphatic heterocycles. The Labute approximate surface area is 114 Å². The molecule has 0 aliphatic carbocycles. The van der Waals surface area contributed by atoms with Crippen molar-refractivity contribution in [2.45, 2.75) is 0 Å². The smallest absolute Gasteiger partial charge is 0.270 e. The van der Waals surface area contributed by atoms with Crippen molar-refractivity contribution < 1.29 is 4.92 Å². The first-order chi connectivity index (χ1) is 9.15. The van der Waals surface area contributed by atoms with E-state index in [0.29, 0.717) is 10.6 Å². The third-order valence-corrected chi connectivity index (χ3v) is 2.55. The van der Waals surface area contributed by atoms with Crippen molar-refractivity contribution in [2.75, 3.05) is 5.43 Å². The monoisotopic (exact) mass is 275 g/mol. The first-order valence-electron chi connectivity index (χ1n) is 5.44. The van der Waals surface area contributed by atoms with Crippen molar-refractivity contribution in [3.63, 3.8) is 0 Å². The summed E-state index contributed by atoms with van der Waals surface area (Å²) in [6, 6.07) is 13.3. The minimum absolute atomic E-state index is 0.0340. The van der Waals surface area contributed by atoms with E-state index in [2.05, 4.69) is 10.5 Å². The molecule has 0 fully saturated rings. The molecule has 0 saturated carbocycles. The topological polar surface area (TPSA) is 67.5 Å². The first-order valence-corrected chi connectivity index (χ1v) is 5.82. The maximum atomic E-state index is 10.6. The summed E-state index contributed by atoms with van der Waals surface area (Å²) in [7, 11) is 0. The van der Waals surface area contributed by atoms with Gasteiger partial charge < -0.3 is 0 Å². The van der Waals surface area contributed by atoms with Gasteiger partial charge in [-0.2, -0.15) is 5.10 Å². The summed E-state index contributed by atoms with van der Waals surface area (Å²) in [6.45, 7) is 0. The highest BCUT2D eigenvalue weighted by Crippen LogP contribution is 2.15. The van der Waals surface area contributed by atoms with Gasteiger partial charge in [-0.05, 0) is 18.2 Å². The maximum absolute atomic E-state index is 10.6. The number of nitro benzene ring substituents is 1. The fourth-order valence-electron chi connectivity index (χ4n) is 1.46. The number of halogens is 1. The Morgan fingerprint density at radius 2 is 2.00 bits per heavy atom. The number of nitro groups is 1. The second-order valence-electron chi connectivity index (χ2n) is 3.73. The van der Waals surface area contributed by atoms with E-state index in [1.165, 1.54) is 18.3 Å². The van der Waals surface area contributed by atoms with Crippen molar-refractivity contribution in [3.8, 4) is 0 Å². The third kappa shape index (κ3) is 3.79. The van der Waals surface area contributed by atoms with Crippen LogP contribution in [0.5, 0.6) is 0 Å². The molecule has 2 aromatic carbocycles. The predicted molar refractivity (Wildman–Crippen MR) is 75.8 cm³/mol. The summed E-state index contributed by atoms with van der Waals surface area (Å²) in [5.74, 6) is 0. The molecule has 0 heterocycles. The molecule has 0 spiro atoms. The molecule has 5 nitrogen and oxygen atoms in total. The average Bonchev–Trinajstić information content (AvgIpc) is 2.39. The standard InChI is InChI=1S/C13H10ClN3O2/c14-11-4-2-5-12(8-11)16-15-9-10-3-1-6-13(7-10)17(18)19/h1-9,16H. The number of benzene rings is 2. The number of rotatable bonds is 4. The number of hydrogen-bond donors (Lipinski definition) is 1. The Balaban J connectivity index is 2.07. The maximum Gasteiger partial charge on any atom is 0.270 e. The van der Waals surface area contributed by atoms with Gasteiger partial charge in [0.1, 0.15) is 0 Å². The predicted octanol–water partition coefficient (Wildman–Crippen LogP) is 3.69. The van der Waals surface area contributed by atoms with Crippen LogP contribution in [0.1, 0.15) is 5.56 Å². The lowest BCUT2D eigenvalue weighted by Gasteiger charge is -2.00. The third-order valence-electron chi connectivity index (χ3n) is 2.31. The minimum Gasteiger partial charge on any atom is -0.278 e. The number of non-ortho nitro benzene ring substituents is 1. The molecule has 0 saturated heterocycles. The van der Waals surface area contributed by atoms with E-state index in [9.17, 15) is 10.1 Å². The zero-order valence-corrected chi connectivity index (χ0v) is 10.5. The van der Waals surface area contributed by atoms with Crippen LogP contribution in [0.2, 0.25) is 5.02 Å². The zero-order valence-electron chi connectivity index (χ0n) is 9.79. The van der Waals surface area contributed by atoms with Crippen molar-refractivity contribution >= 4 is 29.2 Å². The highest BCUT2D eigenvalue weighted by molar-refractivity contribution is 6.30. The lowest BCUT2D eigenvalue weighted by molar-refractivity contribution is -0.384. The molecular formula is C13H10ClN3O2. The SMILES string of the molecule is O=[N+]([O-])c1cccc(C=NNc2cccc(Cl)c2)c1. The van der Waals surface area contributed by atoms with Gasteiger partial charge in [0.05, 0.1) is 16.8 Å². The van der Waals surface area contributed by atoms with E-state index in [0.717, 1.165) is 5.69 Å². The number of nitrogens with zero attached hydrogens (tertiary/aromatic N) is 2. The van der Waals surface area contributed by atoms with Gasteiger partial charge >= 0.3 is 0 Å². The Morgan fingerprint density at radius 1 is 1.21 bits per heavy atom. The van der Waals surface area contributed by atoms with Crippen LogP contribution in [-0.2, 0) is 0 Å². The van der Waals surface area contributed by atoms with Gasteiger partial charge in [-0.15, -0.1) is 0 Å². The molecule has 2 rings (SSSR count). The minimum atomic E-state index is -0.443. The summed E-state index contributed by atoms with van der Waals surface area (Å²) in [6.07, 6.45) is 1.51. The van der Waals surface area contributed by atoms with Crippen LogP contribution < -0.4 is 5.43 Å². The lowest BCUT2D eigenvalue weighted by Crippen LogP contribution is -1.92. The van der Waals surface area contributed by atoms with Gasteiger partial charge in [-0.25, -0.2) is 0 Å². The largest absolute Gasteiger partial charge is 0.278 e. The molecule has 0 atom stereocenters. The summed E-state index contributed by atoms with van der Waals surface area (Å²) >= 11 is 5.83. The van der Waals surface area contributed by atoms with Crippen molar-refractivity contribution in [3.05, 3.63) is 69.2 Å². The fraction of sp³-hybridized carbons (Fsp3) is 0. The molecule has 0 aromatic heterocycles. The normalized spacial score (nSPS) is 10.6. The van der Waals surface area contributed by atoms with Crippen LogP contribution in [0.25, 0.3) is 0 Å². The summed E-state index contributed by atoms with van der Waals surface area (Å²) in [5, 5.41) is 15.2. The molecule has 0 unspecified atom stereocenters. The van der Waals surface area contributed by atoms with Gasteiger partial charge in [-0.1, -0.05) is 29.8 Å². The van der Waals surface area contributed by atoms with E-state index < -0.39 is 4.92 Å². The molecule has 96 valence electrons. The van der Waals surface area contributed by atoms with Crippen molar-refractivity contribution in [1.82, 2.24) is 0 Å². The number of hydrogen-bond acceptors (Lipinski definition) is 4. The Kier molecular flexibility index (Phi) is 4.10. The van der Waals surface area contributed by atoms with Gasteiger partial charge in [0.15, 0.2) is 0 Å². The summed E-state index contributed by atoms with van der Waals surface area (Å²) in [4.78, 5) is 10.2. The van der Waals surface area contributed by atoms with E-state index in [-0.39, 0.29) is 5.69 Å².